The highest BCUT2D eigenvalue weighted by molar-refractivity contribution is 7.89. The molecule has 1 heterocycles. The lowest BCUT2D eigenvalue weighted by molar-refractivity contribution is 0.0941. The Morgan fingerprint density at radius 1 is 0.903 bits per heavy atom. The van der Waals surface area contributed by atoms with E-state index in [1.165, 1.54) is 28.6 Å². The van der Waals surface area contributed by atoms with Crippen LogP contribution in [0.1, 0.15) is 41.4 Å². The summed E-state index contributed by atoms with van der Waals surface area (Å²) in [5.41, 5.74) is 2.12. The minimum Gasteiger partial charge on any atom is -0.457 e. The van der Waals surface area contributed by atoms with Crippen molar-refractivity contribution in [1.82, 2.24) is 9.62 Å². The monoisotopic (exact) mass is 436 g/mol. The SMILES string of the molecule is CC(C)N(C)S(=O)(=O)c1ccc(C(=O)NC2c3ccccc3Oc3ccccc32)cc1. The van der Waals surface area contributed by atoms with Crippen LogP contribution in [0, 0.1) is 0 Å². The molecular weight excluding hydrogens is 412 g/mol. The largest absolute Gasteiger partial charge is 0.457 e. The molecule has 7 heteroatoms. The standard InChI is InChI=1S/C24H24N2O4S/c1-16(2)26(3)31(28,29)18-14-12-17(13-15-18)24(27)25-23-19-8-4-6-10-21(19)30-22-11-7-5-9-20(22)23/h4-16,23H,1-3H3,(H,25,27). The van der Waals surface area contributed by atoms with Gasteiger partial charge in [0.2, 0.25) is 10.0 Å². The fraction of sp³-hybridized carbons (Fsp3) is 0.208. The molecule has 0 spiro atoms. The van der Waals surface area contributed by atoms with Gasteiger partial charge < -0.3 is 10.1 Å². The van der Waals surface area contributed by atoms with E-state index in [2.05, 4.69) is 5.32 Å². The van der Waals surface area contributed by atoms with E-state index in [1.54, 1.807) is 7.05 Å². The van der Waals surface area contributed by atoms with Gasteiger partial charge in [-0.15, -0.1) is 0 Å². The first-order chi connectivity index (χ1) is 14.8. The third-order valence-electron chi connectivity index (χ3n) is 5.48. The number of carbonyl (C=O) groups excluding carboxylic acids is 1. The molecule has 0 radical (unpaired) electrons. The van der Waals surface area contributed by atoms with Gasteiger partial charge in [0.25, 0.3) is 5.91 Å². The molecule has 0 aromatic heterocycles. The Balaban J connectivity index is 1.61. The van der Waals surface area contributed by atoms with E-state index in [-0.39, 0.29) is 22.9 Å². The lowest BCUT2D eigenvalue weighted by Crippen LogP contribution is -2.33. The Morgan fingerprint density at radius 3 is 1.94 bits per heavy atom. The fourth-order valence-electron chi connectivity index (χ4n) is 3.50. The van der Waals surface area contributed by atoms with Gasteiger partial charge in [-0.3, -0.25) is 4.79 Å². The van der Waals surface area contributed by atoms with Crippen molar-refractivity contribution in [3.05, 3.63) is 89.5 Å². The van der Waals surface area contributed by atoms with Gasteiger partial charge in [0, 0.05) is 29.8 Å². The maximum atomic E-state index is 13.0. The molecule has 3 aromatic rings. The van der Waals surface area contributed by atoms with Crippen LogP contribution in [0.3, 0.4) is 0 Å². The number of sulfonamides is 1. The normalized spacial score (nSPS) is 13.5. The molecule has 0 aliphatic carbocycles. The van der Waals surface area contributed by atoms with E-state index in [0.717, 1.165) is 11.1 Å². The summed E-state index contributed by atoms with van der Waals surface area (Å²) < 4.78 is 32.6. The average Bonchev–Trinajstić information content (AvgIpc) is 2.78. The molecule has 4 rings (SSSR count). The molecule has 1 N–H and O–H groups in total. The average molecular weight is 437 g/mol. The van der Waals surface area contributed by atoms with Crippen LogP contribution in [0.5, 0.6) is 11.5 Å². The number of fused-ring (bicyclic) bond motifs is 2. The minimum absolute atomic E-state index is 0.155. The van der Waals surface area contributed by atoms with Crippen LogP contribution < -0.4 is 10.1 Å². The summed E-state index contributed by atoms with van der Waals surface area (Å²) in [5, 5.41) is 3.07. The number of para-hydroxylation sites is 2. The van der Waals surface area contributed by atoms with Crippen molar-refractivity contribution < 1.29 is 17.9 Å². The molecule has 1 amide bonds. The minimum atomic E-state index is -3.60. The van der Waals surface area contributed by atoms with Crippen LogP contribution in [0.2, 0.25) is 0 Å². The highest BCUT2D eigenvalue weighted by Gasteiger charge is 2.29. The van der Waals surface area contributed by atoms with Crippen molar-refractivity contribution in [2.24, 2.45) is 0 Å². The maximum absolute atomic E-state index is 13.0. The third-order valence-corrected chi connectivity index (χ3v) is 7.52. The van der Waals surface area contributed by atoms with Gasteiger partial charge in [0.15, 0.2) is 0 Å². The number of hydrogen-bond donors (Lipinski definition) is 1. The molecule has 3 aromatic carbocycles. The summed E-state index contributed by atoms with van der Waals surface area (Å²) in [5.74, 6) is 1.10. The smallest absolute Gasteiger partial charge is 0.252 e. The van der Waals surface area contributed by atoms with Gasteiger partial charge in [-0.2, -0.15) is 4.31 Å². The number of nitrogens with zero attached hydrogens (tertiary/aromatic N) is 1. The number of carbonyl (C=O) groups is 1. The van der Waals surface area contributed by atoms with Crippen molar-refractivity contribution in [3.63, 3.8) is 0 Å². The molecular formula is C24H24N2O4S. The number of rotatable bonds is 5. The lowest BCUT2D eigenvalue weighted by Gasteiger charge is -2.28. The molecule has 0 saturated heterocycles. The molecule has 0 bridgehead atoms. The summed E-state index contributed by atoms with van der Waals surface area (Å²) in [4.78, 5) is 13.2. The van der Waals surface area contributed by atoms with Crippen molar-refractivity contribution >= 4 is 15.9 Å². The van der Waals surface area contributed by atoms with E-state index in [4.69, 9.17) is 4.74 Å². The summed E-state index contributed by atoms with van der Waals surface area (Å²) in [6, 6.07) is 20.6. The first-order valence-corrected chi connectivity index (χ1v) is 11.5. The van der Waals surface area contributed by atoms with E-state index in [1.807, 2.05) is 62.4 Å². The van der Waals surface area contributed by atoms with Crippen molar-refractivity contribution in [2.45, 2.75) is 30.8 Å². The van der Waals surface area contributed by atoms with E-state index in [9.17, 15) is 13.2 Å². The predicted octanol–water partition coefficient (Wildman–Crippen LogP) is 4.34. The number of benzene rings is 3. The summed E-state index contributed by atoms with van der Waals surface area (Å²) in [7, 11) is -2.06. The molecule has 160 valence electrons. The van der Waals surface area contributed by atoms with E-state index in [0.29, 0.717) is 17.1 Å². The lowest BCUT2D eigenvalue weighted by atomic mass is 9.94. The Morgan fingerprint density at radius 2 is 1.42 bits per heavy atom. The Kier molecular flexibility index (Phi) is 5.56. The first kappa shape index (κ1) is 21.1. The van der Waals surface area contributed by atoms with Crippen LogP contribution in [0.25, 0.3) is 0 Å². The van der Waals surface area contributed by atoms with Crippen LogP contribution in [0.4, 0.5) is 0 Å². The van der Waals surface area contributed by atoms with E-state index < -0.39 is 10.0 Å². The maximum Gasteiger partial charge on any atom is 0.252 e. The zero-order valence-electron chi connectivity index (χ0n) is 17.6. The predicted molar refractivity (Wildman–Crippen MR) is 119 cm³/mol. The van der Waals surface area contributed by atoms with Gasteiger partial charge in [0.05, 0.1) is 10.9 Å². The van der Waals surface area contributed by atoms with Crippen molar-refractivity contribution in [3.8, 4) is 11.5 Å². The Bertz CT molecular complexity index is 1170. The van der Waals surface area contributed by atoms with Crippen LogP contribution in [0.15, 0.2) is 77.7 Å². The number of ether oxygens (including phenoxy) is 1. The summed E-state index contributed by atoms with van der Waals surface area (Å²) in [6.45, 7) is 3.62. The summed E-state index contributed by atoms with van der Waals surface area (Å²) in [6.07, 6.45) is 0. The highest BCUT2D eigenvalue weighted by atomic mass is 32.2. The van der Waals surface area contributed by atoms with Gasteiger partial charge in [-0.1, -0.05) is 36.4 Å². The Hall–Kier alpha value is -3.16. The van der Waals surface area contributed by atoms with Crippen molar-refractivity contribution in [1.29, 1.82) is 0 Å². The molecule has 31 heavy (non-hydrogen) atoms. The zero-order valence-corrected chi connectivity index (χ0v) is 18.4. The fourth-order valence-corrected chi connectivity index (χ4v) is 4.87. The second kappa shape index (κ2) is 8.17. The molecule has 6 nitrogen and oxygen atoms in total. The molecule has 0 unspecified atom stereocenters. The molecule has 0 atom stereocenters. The number of hydrogen-bond acceptors (Lipinski definition) is 4. The molecule has 1 aliphatic rings. The second-order valence-corrected chi connectivity index (χ2v) is 9.72. The third kappa shape index (κ3) is 3.94. The number of amides is 1. The number of nitrogens with one attached hydrogen (secondary N) is 1. The second-order valence-electron chi connectivity index (χ2n) is 7.72. The zero-order chi connectivity index (χ0) is 22.2. The topological polar surface area (TPSA) is 75.7 Å². The first-order valence-electron chi connectivity index (χ1n) is 10.0. The van der Waals surface area contributed by atoms with Gasteiger partial charge >= 0.3 is 0 Å². The highest BCUT2D eigenvalue weighted by Crippen LogP contribution is 2.42. The van der Waals surface area contributed by atoms with Crippen LogP contribution in [-0.4, -0.2) is 31.7 Å². The van der Waals surface area contributed by atoms with Gasteiger partial charge in [-0.25, -0.2) is 8.42 Å². The summed E-state index contributed by atoms with van der Waals surface area (Å²) >= 11 is 0. The quantitative estimate of drug-likeness (QED) is 0.646. The molecule has 1 aliphatic heterocycles. The van der Waals surface area contributed by atoms with Gasteiger partial charge in [0.1, 0.15) is 11.5 Å². The Labute approximate surface area is 182 Å². The van der Waals surface area contributed by atoms with Gasteiger partial charge in [-0.05, 0) is 50.2 Å². The molecule has 0 saturated carbocycles. The van der Waals surface area contributed by atoms with Crippen molar-refractivity contribution in [2.75, 3.05) is 7.05 Å². The van der Waals surface area contributed by atoms with Crippen LogP contribution in [-0.2, 0) is 10.0 Å². The van der Waals surface area contributed by atoms with E-state index >= 15 is 0 Å². The van der Waals surface area contributed by atoms with Crippen LogP contribution >= 0.6 is 0 Å². The molecule has 0 fully saturated rings.